The van der Waals surface area contributed by atoms with Crippen LogP contribution >= 0.6 is 0 Å². The van der Waals surface area contributed by atoms with Crippen LogP contribution in [0, 0.1) is 5.92 Å². The van der Waals surface area contributed by atoms with Crippen molar-refractivity contribution in [1.82, 2.24) is 0 Å². The summed E-state index contributed by atoms with van der Waals surface area (Å²) in [7, 11) is 1.56. The molecule has 0 fully saturated rings. The van der Waals surface area contributed by atoms with Gasteiger partial charge in [0, 0.05) is 5.92 Å². The lowest BCUT2D eigenvalue weighted by molar-refractivity contribution is -0.121. The summed E-state index contributed by atoms with van der Waals surface area (Å²) in [5, 5.41) is 0. The van der Waals surface area contributed by atoms with Crippen LogP contribution in [0.1, 0.15) is 26.7 Å². The van der Waals surface area contributed by atoms with Gasteiger partial charge in [0.15, 0.2) is 5.76 Å². The first kappa shape index (κ1) is 8.31. The van der Waals surface area contributed by atoms with Gasteiger partial charge in [0.1, 0.15) is 0 Å². The molecule has 0 saturated carbocycles. The Labute approximate surface area is 67.2 Å². The summed E-state index contributed by atoms with van der Waals surface area (Å²) in [6.07, 6.45) is 1.81. The number of hydrogen-bond acceptors (Lipinski definition) is 2. The minimum Gasteiger partial charge on any atom is -0.493 e. The molecule has 0 spiro atoms. The van der Waals surface area contributed by atoms with Gasteiger partial charge in [0.25, 0.3) is 0 Å². The maximum Gasteiger partial charge on any atom is 0.200 e. The number of allylic oxidation sites excluding steroid dienone is 2. The summed E-state index contributed by atoms with van der Waals surface area (Å²) in [5.41, 5.74) is 1.10. The maximum atomic E-state index is 11.4. The molecule has 0 heterocycles. The first-order valence-corrected chi connectivity index (χ1v) is 3.98. The lowest BCUT2D eigenvalue weighted by Crippen LogP contribution is -2.09. The zero-order chi connectivity index (χ0) is 8.43. The van der Waals surface area contributed by atoms with Gasteiger partial charge in [0.05, 0.1) is 7.11 Å². The van der Waals surface area contributed by atoms with E-state index in [4.69, 9.17) is 4.74 Å². The van der Waals surface area contributed by atoms with Gasteiger partial charge >= 0.3 is 0 Å². The highest BCUT2D eigenvalue weighted by atomic mass is 16.5. The van der Waals surface area contributed by atoms with Crippen LogP contribution in [0.5, 0.6) is 0 Å². The number of carbonyl (C=O) groups excluding carboxylic acids is 1. The summed E-state index contributed by atoms with van der Waals surface area (Å²) >= 11 is 0. The number of ketones is 1. The Morgan fingerprint density at radius 2 is 2.27 bits per heavy atom. The van der Waals surface area contributed by atoms with Crippen LogP contribution in [0.15, 0.2) is 11.3 Å². The van der Waals surface area contributed by atoms with Crippen LogP contribution < -0.4 is 0 Å². The Balaban J connectivity index is 2.78. The molecule has 1 aliphatic carbocycles. The molecule has 0 aromatic heterocycles. The second-order valence-electron chi connectivity index (χ2n) is 2.99. The summed E-state index contributed by atoms with van der Waals surface area (Å²) in [4.78, 5) is 11.4. The van der Waals surface area contributed by atoms with Crippen molar-refractivity contribution >= 4 is 5.78 Å². The fraction of sp³-hybridized carbons (Fsp3) is 0.667. The molecule has 1 rings (SSSR count). The van der Waals surface area contributed by atoms with Crippen LogP contribution in [0.2, 0.25) is 0 Å². The molecule has 0 N–H and O–H groups in total. The second-order valence-corrected chi connectivity index (χ2v) is 2.99. The van der Waals surface area contributed by atoms with Crippen molar-refractivity contribution in [3.63, 3.8) is 0 Å². The largest absolute Gasteiger partial charge is 0.493 e. The maximum absolute atomic E-state index is 11.4. The van der Waals surface area contributed by atoms with Gasteiger partial charge in [-0.15, -0.1) is 0 Å². The Hall–Kier alpha value is -0.790. The number of hydrogen-bond donors (Lipinski definition) is 0. The predicted molar refractivity (Wildman–Crippen MR) is 43.1 cm³/mol. The molecule has 1 aliphatic rings. The van der Waals surface area contributed by atoms with Crippen molar-refractivity contribution in [3.8, 4) is 0 Å². The van der Waals surface area contributed by atoms with Gasteiger partial charge in [-0.1, -0.05) is 6.92 Å². The highest BCUT2D eigenvalue weighted by Crippen LogP contribution is 2.29. The predicted octanol–water partition coefficient (Wildman–Crippen LogP) is 1.91. The van der Waals surface area contributed by atoms with E-state index in [1.165, 1.54) is 0 Å². The van der Waals surface area contributed by atoms with Crippen molar-refractivity contribution in [2.45, 2.75) is 26.7 Å². The molecule has 1 atom stereocenters. The number of rotatable bonds is 2. The van der Waals surface area contributed by atoms with Crippen molar-refractivity contribution in [2.24, 2.45) is 5.92 Å². The fourth-order valence-corrected chi connectivity index (χ4v) is 1.56. The second kappa shape index (κ2) is 3.07. The molecular formula is C9H14O2. The average molecular weight is 154 g/mol. The SMILES string of the molecule is CCC1CC(C)=C(OC)C1=O. The lowest BCUT2D eigenvalue weighted by Gasteiger charge is -2.03. The van der Waals surface area contributed by atoms with Crippen LogP contribution in [-0.4, -0.2) is 12.9 Å². The number of methoxy groups -OCH3 is 1. The quantitative estimate of drug-likeness (QED) is 0.607. The van der Waals surface area contributed by atoms with Crippen molar-refractivity contribution in [3.05, 3.63) is 11.3 Å². The van der Waals surface area contributed by atoms with Gasteiger partial charge in [-0.3, -0.25) is 4.79 Å². The lowest BCUT2D eigenvalue weighted by atomic mass is 10.0. The van der Waals surface area contributed by atoms with Crippen molar-refractivity contribution < 1.29 is 9.53 Å². The molecule has 62 valence electrons. The molecule has 0 saturated heterocycles. The first-order valence-electron chi connectivity index (χ1n) is 3.98. The summed E-state index contributed by atoms with van der Waals surface area (Å²) in [6.45, 7) is 4.00. The summed E-state index contributed by atoms with van der Waals surface area (Å²) in [5.74, 6) is 0.967. The monoisotopic (exact) mass is 154 g/mol. The van der Waals surface area contributed by atoms with Gasteiger partial charge in [0.2, 0.25) is 5.78 Å². The highest BCUT2D eigenvalue weighted by molar-refractivity contribution is 5.98. The average Bonchev–Trinajstić information content (AvgIpc) is 2.26. The minimum absolute atomic E-state index is 0.185. The van der Waals surface area contributed by atoms with E-state index in [0.717, 1.165) is 18.4 Å². The highest BCUT2D eigenvalue weighted by Gasteiger charge is 2.30. The van der Waals surface area contributed by atoms with E-state index in [0.29, 0.717) is 5.76 Å². The molecule has 0 radical (unpaired) electrons. The third-order valence-electron chi connectivity index (χ3n) is 2.23. The van der Waals surface area contributed by atoms with Gasteiger partial charge in [-0.05, 0) is 25.3 Å². The molecule has 1 unspecified atom stereocenters. The van der Waals surface area contributed by atoms with E-state index in [-0.39, 0.29) is 11.7 Å². The standard InChI is InChI=1S/C9H14O2/c1-4-7-5-6(2)9(11-3)8(7)10/h7H,4-5H2,1-3H3. The third kappa shape index (κ3) is 1.30. The van der Waals surface area contributed by atoms with Crippen LogP contribution in [0.25, 0.3) is 0 Å². The zero-order valence-corrected chi connectivity index (χ0v) is 7.31. The van der Waals surface area contributed by atoms with Gasteiger partial charge in [-0.25, -0.2) is 0 Å². The van der Waals surface area contributed by atoms with E-state index >= 15 is 0 Å². The fourth-order valence-electron chi connectivity index (χ4n) is 1.56. The third-order valence-corrected chi connectivity index (χ3v) is 2.23. The van der Waals surface area contributed by atoms with E-state index in [1.807, 2.05) is 13.8 Å². The molecule has 0 amide bonds. The molecule has 11 heavy (non-hydrogen) atoms. The van der Waals surface area contributed by atoms with Crippen LogP contribution in [0.3, 0.4) is 0 Å². The van der Waals surface area contributed by atoms with Crippen molar-refractivity contribution in [1.29, 1.82) is 0 Å². The molecule has 2 heteroatoms. The van der Waals surface area contributed by atoms with E-state index in [1.54, 1.807) is 7.11 Å². The number of Topliss-reactive ketones (excluding diaryl/α,β-unsaturated/α-hetero) is 1. The summed E-state index contributed by atoms with van der Waals surface area (Å²) in [6, 6.07) is 0. The smallest absolute Gasteiger partial charge is 0.200 e. The topological polar surface area (TPSA) is 26.3 Å². The Morgan fingerprint density at radius 3 is 2.55 bits per heavy atom. The first-order chi connectivity index (χ1) is 5.20. The molecule has 0 aromatic rings. The number of ether oxygens (including phenoxy) is 1. The summed E-state index contributed by atoms with van der Waals surface area (Å²) < 4.78 is 5.00. The number of carbonyl (C=O) groups is 1. The Bertz CT molecular complexity index is 204. The molecule has 0 aliphatic heterocycles. The van der Waals surface area contributed by atoms with E-state index in [9.17, 15) is 4.79 Å². The molecule has 2 nitrogen and oxygen atoms in total. The van der Waals surface area contributed by atoms with Gasteiger partial charge < -0.3 is 4.74 Å². The molecule has 0 aromatic carbocycles. The minimum atomic E-state index is 0.185. The Morgan fingerprint density at radius 1 is 1.64 bits per heavy atom. The van der Waals surface area contributed by atoms with E-state index in [2.05, 4.69) is 0 Å². The molecular weight excluding hydrogens is 140 g/mol. The molecule has 0 bridgehead atoms. The van der Waals surface area contributed by atoms with E-state index < -0.39 is 0 Å². The normalized spacial score (nSPS) is 24.6. The zero-order valence-electron chi connectivity index (χ0n) is 7.31. The Kier molecular flexibility index (Phi) is 2.32. The van der Waals surface area contributed by atoms with Crippen molar-refractivity contribution in [2.75, 3.05) is 7.11 Å². The van der Waals surface area contributed by atoms with Crippen LogP contribution in [-0.2, 0) is 9.53 Å². The van der Waals surface area contributed by atoms with Crippen LogP contribution in [0.4, 0.5) is 0 Å². The van der Waals surface area contributed by atoms with Gasteiger partial charge in [-0.2, -0.15) is 0 Å².